The van der Waals surface area contributed by atoms with Crippen LogP contribution in [-0.2, 0) is 17.1 Å². The molecule has 2 N–H and O–H groups in total. The number of carbonyl (C=O) groups excluding carboxylic acids is 2. The highest BCUT2D eigenvalue weighted by Gasteiger charge is 2.32. The van der Waals surface area contributed by atoms with E-state index in [9.17, 15) is 35.9 Å². The zero-order valence-corrected chi connectivity index (χ0v) is 19.2. The minimum absolute atomic E-state index is 0.135. The van der Waals surface area contributed by atoms with Crippen LogP contribution in [0.3, 0.4) is 0 Å². The van der Waals surface area contributed by atoms with Gasteiger partial charge in [-0.2, -0.15) is 26.3 Å². The number of benzene rings is 3. The molecule has 0 aliphatic carbocycles. The predicted molar refractivity (Wildman–Crippen MR) is 126 cm³/mol. The number of nitrogens with one attached hydrogen (secondary N) is 2. The normalized spacial score (nSPS) is 16.4. The van der Waals surface area contributed by atoms with Crippen molar-refractivity contribution in [3.63, 3.8) is 0 Å². The van der Waals surface area contributed by atoms with Crippen molar-refractivity contribution >= 4 is 23.3 Å². The Morgan fingerprint density at radius 3 is 2.08 bits per heavy atom. The van der Waals surface area contributed by atoms with Gasteiger partial charge in [0.2, 0.25) is 5.91 Å². The highest BCUT2D eigenvalue weighted by atomic mass is 19.4. The van der Waals surface area contributed by atoms with Crippen LogP contribution in [0, 0.1) is 0 Å². The van der Waals surface area contributed by atoms with Crippen molar-refractivity contribution in [1.82, 2.24) is 5.32 Å². The fourth-order valence-electron chi connectivity index (χ4n) is 4.04. The summed E-state index contributed by atoms with van der Waals surface area (Å²) < 4.78 is 77.2. The fourth-order valence-corrected chi connectivity index (χ4v) is 4.04. The van der Waals surface area contributed by atoms with E-state index in [4.69, 9.17) is 0 Å². The van der Waals surface area contributed by atoms with E-state index >= 15 is 0 Å². The van der Waals surface area contributed by atoms with Crippen LogP contribution in [0.1, 0.15) is 24.0 Å². The van der Waals surface area contributed by atoms with Gasteiger partial charge in [-0.05, 0) is 72.5 Å². The van der Waals surface area contributed by atoms with E-state index in [1.807, 2.05) is 0 Å². The number of piperidine rings is 1. The summed E-state index contributed by atoms with van der Waals surface area (Å²) in [5.74, 6) is -0.374. The highest BCUT2D eigenvalue weighted by molar-refractivity contribution is 6.01. The Kier molecular flexibility index (Phi) is 7.15. The number of hydrogen-bond donors (Lipinski definition) is 2. The smallest absolute Gasteiger partial charge is 0.326 e. The van der Waals surface area contributed by atoms with E-state index in [1.54, 1.807) is 30.3 Å². The van der Waals surface area contributed by atoms with Crippen molar-refractivity contribution < 1.29 is 35.9 Å². The third-order valence-corrected chi connectivity index (χ3v) is 5.92. The number of rotatable bonds is 4. The molecule has 0 bridgehead atoms. The summed E-state index contributed by atoms with van der Waals surface area (Å²) in [5, 5.41) is 4.96. The van der Waals surface area contributed by atoms with Crippen LogP contribution in [0.2, 0.25) is 0 Å². The van der Waals surface area contributed by atoms with E-state index < -0.39 is 35.6 Å². The van der Waals surface area contributed by atoms with Crippen molar-refractivity contribution in [3.8, 4) is 11.1 Å². The van der Waals surface area contributed by atoms with Crippen LogP contribution in [0.4, 0.5) is 42.5 Å². The molecule has 0 spiro atoms. The van der Waals surface area contributed by atoms with Crippen LogP contribution in [0.25, 0.3) is 11.1 Å². The van der Waals surface area contributed by atoms with Gasteiger partial charge >= 0.3 is 18.4 Å². The highest BCUT2D eigenvalue weighted by Crippen LogP contribution is 2.33. The van der Waals surface area contributed by atoms with Gasteiger partial charge in [-0.3, -0.25) is 4.79 Å². The van der Waals surface area contributed by atoms with E-state index in [0.29, 0.717) is 36.2 Å². The molecule has 11 heteroatoms. The first-order valence-electron chi connectivity index (χ1n) is 11.3. The topological polar surface area (TPSA) is 61.4 Å². The number of urea groups is 1. The summed E-state index contributed by atoms with van der Waals surface area (Å²) in [4.78, 5) is 26.8. The van der Waals surface area contributed by atoms with Crippen LogP contribution in [-0.4, -0.2) is 24.5 Å². The Hall–Kier alpha value is -4.02. The van der Waals surface area contributed by atoms with Crippen molar-refractivity contribution in [2.24, 2.45) is 0 Å². The van der Waals surface area contributed by atoms with Crippen LogP contribution < -0.4 is 15.5 Å². The lowest BCUT2D eigenvalue weighted by atomic mass is 10.0. The van der Waals surface area contributed by atoms with E-state index in [1.165, 1.54) is 11.0 Å². The monoisotopic (exact) mass is 521 g/mol. The van der Waals surface area contributed by atoms with E-state index in [-0.39, 0.29) is 11.6 Å². The molecular weight excluding hydrogens is 500 g/mol. The Labute approximate surface area is 208 Å². The second-order valence-corrected chi connectivity index (χ2v) is 8.48. The maximum atomic E-state index is 13.0. The summed E-state index contributed by atoms with van der Waals surface area (Å²) in [7, 11) is 0. The van der Waals surface area contributed by atoms with Gasteiger partial charge in [-0.25, -0.2) is 4.79 Å². The third kappa shape index (κ3) is 6.22. The Morgan fingerprint density at radius 1 is 0.811 bits per heavy atom. The molecule has 37 heavy (non-hydrogen) atoms. The number of alkyl halides is 6. The molecule has 3 aromatic carbocycles. The number of carbonyl (C=O) groups is 2. The van der Waals surface area contributed by atoms with Gasteiger partial charge in [0.1, 0.15) is 6.04 Å². The average Bonchev–Trinajstić information content (AvgIpc) is 2.85. The predicted octanol–water partition coefficient (Wildman–Crippen LogP) is 6.71. The zero-order chi connectivity index (χ0) is 26.8. The lowest BCUT2D eigenvalue weighted by Crippen LogP contribution is -2.53. The lowest BCUT2D eigenvalue weighted by molar-refractivity contribution is -0.138. The van der Waals surface area contributed by atoms with Gasteiger partial charge in [-0.1, -0.05) is 24.3 Å². The maximum absolute atomic E-state index is 13.0. The van der Waals surface area contributed by atoms with Gasteiger partial charge in [0, 0.05) is 17.9 Å². The van der Waals surface area contributed by atoms with Crippen LogP contribution in [0.15, 0.2) is 72.8 Å². The van der Waals surface area contributed by atoms with E-state index in [0.717, 1.165) is 36.4 Å². The molecule has 5 nitrogen and oxygen atoms in total. The van der Waals surface area contributed by atoms with Crippen LogP contribution >= 0.6 is 0 Å². The minimum Gasteiger partial charge on any atom is -0.326 e. The van der Waals surface area contributed by atoms with Gasteiger partial charge in [0.25, 0.3) is 0 Å². The summed E-state index contributed by atoms with van der Waals surface area (Å²) in [5.41, 5.74) is -0.0266. The van der Waals surface area contributed by atoms with E-state index in [2.05, 4.69) is 10.6 Å². The fraction of sp³-hybridized carbons (Fsp3) is 0.231. The molecule has 1 aliphatic rings. The standard InChI is InChI=1S/C26H21F6N3O2/c27-25(28,29)18-8-10-20(11-9-18)33-24(37)34-22-5-2-14-35(23(22)36)21-12-6-16(7-13-21)17-3-1-4-19(15-17)26(30,31)32/h1,3-4,6-13,15,22H,2,5,14H2,(H2,33,34,37)/t22-/m1/s1. The molecular formula is C26H21F6N3O2. The number of hydrogen-bond acceptors (Lipinski definition) is 2. The van der Waals surface area contributed by atoms with Gasteiger partial charge in [-0.15, -0.1) is 0 Å². The molecule has 0 saturated carbocycles. The number of nitrogens with zero attached hydrogens (tertiary/aromatic N) is 1. The molecule has 1 aliphatic heterocycles. The molecule has 0 radical (unpaired) electrons. The van der Waals surface area contributed by atoms with Gasteiger partial charge in [0.15, 0.2) is 0 Å². The molecule has 3 aromatic rings. The number of anilines is 2. The SMILES string of the molecule is O=C(Nc1ccc(C(F)(F)F)cc1)N[C@@H]1CCCN(c2ccc(-c3cccc(C(F)(F)F)c3)cc2)C1=O. The molecule has 0 unspecified atom stereocenters. The molecule has 1 saturated heterocycles. The van der Waals surface area contributed by atoms with Gasteiger partial charge in [0.05, 0.1) is 11.1 Å². The van der Waals surface area contributed by atoms with Crippen molar-refractivity contribution in [3.05, 3.63) is 83.9 Å². The van der Waals surface area contributed by atoms with Crippen molar-refractivity contribution in [2.75, 3.05) is 16.8 Å². The lowest BCUT2D eigenvalue weighted by Gasteiger charge is -2.32. The van der Waals surface area contributed by atoms with Crippen molar-refractivity contribution in [1.29, 1.82) is 0 Å². The largest absolute Gasteiger partial charge is 0.416 e. The maximum Gasteiger partial charge on any atom is 0.416 e. The molecule has 194 valence electrons. The summed E-state index contributed by atoms with van der Waals surface area (Å²) in [6, 6.07) is 13.7. The van der Waals surface area contributed by atoms with Crippen LogP contribution in [0.5, 0.6) is 0 Å². The summed E-state index contributed by atoms with van der Waals surface area (Å²) in [6.07, 6.45) is -8.01. The minimum atomic E-state index is -4.50. The Bertz CT molecular complexity index is 1270. The molecule has 0 aromatic heterocycles. The second kappa shape index (κ2) is 10.2. The zero-order valence-electron chi connectivity index (χ0n) is 19.2. The second-order valence-electron chi connectivity index (χ2n) is 8.48. The van der Waals surface area contributed by atoms with Gasteiger partial charge < -0.3 is 15.5 Å². The molecule has 3 amide bonds. The first kappa shape index (κ1) is 26.1. The molecule has 1 atom stereocenters. The number of amides is 3. The Morgan fingerprint density at radius 2 is 1.46 bits per heavy atom. The quantitative estimate of drug-likeness (QED) is 0.375. The van der Waals surface area contributed by atoms with Crippen molar-refractivity contribution in [2.45, 2.75) is 31.2 Å². The first-order valence-corrected chi connectivity index (χ1v) is 11.3. The number of halogens is 6. The average molecular weight is 521 g/mol. The summed E-state index contributed by atoms with van der Waals surface area (Å²) >= 11 is 0. The summed E-state index contributed by atoms with van der Waals surface area (Å²) in [6.45, 7) is 0.389. The Balaban J connectivity index is 1.41. The molecule has 1 heterocycles. The molecule has 1 fully saturated rings. The molecule has 4 rings (SSSR count). The first-order chi connectivity index (χ1) is 17.4. The third-order valence-electron chi connectivity index (χ3n) is 5.92.